The van der Waals surface area contributed by atoms with Crippen LogP contribution in [-0.4, -0.2) is 46.2 Å². The third-order valence-electron chi connectivity index (χ3n) is 4.14. The second-order valence-electron chi connectivity index (χ2n) is 6.46. The maximum absolute atomic E-state index is 10.6. The first-order valence-corrected chi connectivity index (χ1v) is 8.20. The number of pyridine rings is 1. The predicted octanol–water partition coefficient (Wildman–Crippen LogP) is 0.725. The maximum Gasteiger partial charge on any atom is 0.167 e. The fourth-order valence-electron chi connectivity index (χ4n) is 2.86. The average molecular weight is 344 g/mol. The van der Waals surface area contributed by atoms with E-state index >= 15 is 0 Å². The summed E-state index contributed by atoms with van der Waals surface area (Å²) < 4.78 is 6.96. The topological polar surface area (TPSA) is 115 Å². The van der Waals surface area contributed by atoms with Gasteiger partial charge >= 0.3 is 0 Å². The molecule has 0 radical (unpaired) electrons. The number of hydrogen-bond acceptors (Lipinski definition) is 7. The fraction of sp³-hybridized carbons (Fsp3) is 0.412. The number of nitrogens with two attached hydrogens (primary N) is 2. The minimum Gasteiger partial charge on any atom is -0.405 e. The molecule has 3 heterocycles. The summed E-state index contributed by atoms with van der Waals surface area (Å²) in [6, 6.07) is 1.92. The molecular weight excluding hydrogens is 320 g/mol. The second-order valence-corrected chi connectivity index (χ2v) is 6.46. The minimum atomic E-state index is -1.04. The lowest BCUT2D eigenvalue weighted by molar-refractivity contribution is 0.0801. The van der Waals surface area contributed by atoms with E-state index in [1.165, 1.54) is 6.20 Å². The number of hydrogen-bond donors (Lipinski definition) is 3. The first-order chi connectivity index (χ1) is 11.9. The number of morpholine rings is 1. The molecule has 0 unspecified atom stereocenters. The van der Waals surface area contributed by atoms with Gasteiger partial charge in [-0.1, -0.05) is 0 Å². The molecule has 1 aliphatic rings. The highest BCUT2D eigenvalue weighted by atomic mass is 16.5. The van der Waals surface area contributed by atoms with Gasteiger partial charge in [-0.2, -0.15) is 9.78 Å². The molecule has 1 aliphatic heterocycles. The standard InChI is InChI=1S/C17H24N6O2/c1-17(2,24)13-10-15(22-6-8-25-9-7-22)21-16-12(13)11-20-23(16)14(19)4-3-5-18/h3-5,10-11,24H,6-9,18-19H2,1-2H3/b5-3-,14-4+. The Labute approximate surface area is 146 Å². The summed E-state index contributed by atoms with van der Waals surface area (Å²) in [4.78, 5) is 6.88. The van der Waals surface area contributed by atoms with Crippen molar-refractivity contribution in [1.29, 1.82) is 0 Å². The Balaban J connectivity index is 2.18. The van der Waals surface area contributed by atoms with Gasteiger partial charge in [-0.05, 0) is 43.8 Å². The molecule has 0 amide bonds. The SMILES string of the molecule is CC(C)(O)c1cc(N2CCOCC2)nc2c1cnn2/C(N)=C/C=C\N. The molecule has 0 aromatic carbocycles. The van der Waals surface area contributed by atoms with Gasteiger partial charge in [0.25, 0.3) is 0 Å². The highest BCUT2D eigenvalue weighted by Gasteiger charge is 2.25. The van der Waals surface area contributed by atoms with E-state index in [4.69, 9.17) is 21.2 Å². The molecule has 8 nitrogen and oxygen atoms in total. The van der Waals surface area contributed by atoms with E-state index in [0.717, 1.165) is 29.9 Å². The zero-order chi connectivity index (χ0) is 18.0. The van der Waals surface area contributed by atoms with E-state index in [0.29, 0.717) is 24.7 Å². The van der Waals surface area contributed by atoms with Gasteiger partial charge in [0.15, 0.2) is 5.65 Å². The number of aliphatic hydroxyl groups is 1. The summed E-state index contributed by atoms with van der Waals surface area (Å²) in [6.45, 7) is 6.30. The number of ether oxygens (including phenoxy) is 1. The molecule has 0 spiro atoms. The van der Waals surface area contributed by atoms with Crippen LogP contribution in [0.15, 0.2) is 30.6 Å². The lowest BCUT2D eigenvalue weighted by atomic mass is 9.96. The van der Waals surface area contributed by atoms with Gasteiger partial charge in [0, 0.05) is 18.5 Å². The van der Waals surface area contributed by atoms with Crippen LogP contribution in [0.2, 0.25) is 0 Å². The Morgan fingerprint density at radius 3 is 2.72 bits per heavy atom. The summed E-state index contributed by atoms with van der Waals surface area (Å²) in [5.41, 5.74) is 11.8. The Bertz CT molecular complexity index is 812. The third-order valence-corrected chi connectivity index (χ3v) is 4.14. The van der Waals surface area contributed by atoms with Crippen molar-refractivity contribution >= 4 is 22.7 Å². The van der Waals surface area contributed by atoms with Crippen molar-refractivity contribution in [3.05, 3.63) is 36.2 Å². The largest absolute Gasteiger partial charge is 0.405 e. The van der Waals surface area contributed by atoms with E-state index in [1.54, 1.807) is 36.9 Å². The Morgan fingerprint density at radius 1 is 1.36 bits per heavy atom. The minimum absolute atomic E-state index is 0.394. The summed E-state index contributed by atoms with van der Waals surface area (Å²) in [5.74, 6) is 1.17. The molecule has 1 saturated heterocycles. The Morgan fingerprint density at radius 2 is 2.08 bits per heavy atom. The van der Waals surface area contributed by atoms with Crippen molar-refractivity contribution in [2.75, 3.05) is 31.2 Å². The fourth-order valence-corrected chi connectivity index (χ4v) is 2.86. The van der Waals surface area contributed by atoms with Gasteiger partial charge < -0.3 is 26.2 Å². The average Bonchev–Trinajstić information content (AvgIpc) is 3.02. The summed E-state index contributed by atoms with van der Waals surface area (Å²) in [5, 5.41) is 15.7. The van der Waals surface area contributed by atoms with E-state index in [-0.39, 0.29) is 0 Å². The van der Waals surface area contributed by atoms with Crippen LogP contribution in [0, 0.1) is 0 Å². The van der Waals surface area contributed by atoms with Gasteiger partial charge in [-0.25, -0.2) is 4.98 Å². The molecule has 134 valence electrons. The summed E-state index contributed by atoms with van der Waals surface area (Å²) >= 11 is 0. The first-order valence-electron chi connectivity index (χ1n) is 8.20. The number of anilines is 1. The van der Waals surface area contributed by atoms with Crippen molar-refractivity contribution in [3.8, 4) is 0 Å². The lowest BCUT2D eigenvalue weighted by Gasteiger charge is -2.29. The molecule has 5 N–H and O–H groups in total. The van der Waals surface area contributed by atoms with Gasteiger partial charge in [0.1, 0.15) is 11.6 Å². The molecule has 2 aromatic rings. The van der Waals surface area contributed by atoms with Crippen molar-refractivity contribution < 1.29 is 9.84 Å². The molecule has 25 heavy (non-hydrogen) atoms. The summed E-state index contributed by atoms with van der Waals surface area (Å²) in [7, 11) is 0. The third kappa shape index (κ3) is 3.45. The van der Waals surface area contributed by atoms with Crippen LogP contribution < -0.4 is 16.4 Å². The van der Waals surface area contributed by atoms with Crippen LogP contribution in [0.25, 0.3) is 16.9 Å². The maximum atomic E-state index is 10.6. The Hall–Kier alpha value is -2.58. The highest BCUT2D eigenvalue weighted by Crippen LogP contribution is 2.31. The molecule has 2 aromatic heterocycles. The second kappa shape index (κ2) is 6.73. The van der Waals surface area contributed by atoms with Crippen LogP contribution in [-0.2, 0) is 10.3 Å². The zero-order valence-electron chi connectivity index (χ0n) is 14.5. The number of aromatic nitrogens is 3. The van der Waals surface area contributed by atoms with Crippen LogP contribution in [0.1, 0.15) is 19.4 Å². The lowest BCUT2D eigenvalue weighted by Crippen LogP contribution is -2.37. The van der Waals surface area contributed by atoms with Gasteiger partial charge in [-0.3, -0.25) is 0 Å². The van der Waals surface area contributed by atoms with Crippen LogP contribution in [0.3, 0.4) is 0 Å². The van der Waals surface area contributed by atoms with Gasteiger partial charge in [-0.15, -0.1) is 0 Å². The van der Waals surface area contributed by atoms with E-state index < -0.39 is 5.60 Å². The highest BCUT2D eigenvalue weighted by molar-refractivity contribution is 5.84. The molecule has 0 atom stereocenters. The molecule has 8 heteroatoms. The predicted molar refractivity (Wildman–Crippen MR) is 97.6 cm³/mol. The van der Waals surface area contributed by atoms with Crippen LogP contribution in [0.5, 0.6) is 0 Å². The Kier molecular flexibility index (Phi) is 4.65. The van der Waals surface area contributed by atoms with Crippen molar-refractivity contribution in [2.24, 2.45) is 11.5 Å². The van der Waals surface area contributed by atoms with Crippen molar-refractivity contribution in [3.63, 3.8) is 0 Å². The molecule has 3 rings (SSSR count). The number of rotatable bonds is 4. The molecule has 0 bridgehead atoms. The number of nitrogens with zero attached hydrogens (tertiary/aromatic N) is 4. The summed E-state index contributed by atoms with van der Waals surface area (Å²) in [6.07, 6.45) is 6.35. The monoisotopic (exact) mass is 344 g/mol. The van der Waals surface area contributed by atoms with E-state index in [1.807, 2.05) is 6.07 Å². The van der Waals surface area contributed by atoms with E-state index in [9.17, 15) is 5.11 Å². The molecular formula is C17H24N6O2. The first kappa shape index (κ1) is 17.2. The molecule has 0 saturated carbocycles. The van der Waals surface area contributed by atoms with Crippen LogP contribution in [0.4, 0.5) is 5.82 Å². The van der Waals surface area contributed by atoms with Crippen LogP contribution >= 0.6 is 0 Å². The number of fused-ring (bicyclic) bond motifs is 1. The van der Waals surface area contributed by atoms with E-state index in [2.05, 4.69) is 10.00 Å². The molecule has 0 aliphatic carbocycles. The van der Waals surface area contributed by atoms with Gasteiger partial charge in [0.2, 0.25) is 0 Å². The molecule has 1 fully saturated rings. The normalized spacial score (nSPS) is 16.9. The quantitative estimate of drug-likeness (QED) is 0.700. The number of allylic oxidation sites excluding steroid dienone is 2. The van der Waals surface area contributed by atoms with Crippen molar-refractivity contribution in [1.82, 2.24) is 14.8 Å². The smallest absolute Gasteiger partial charge is 0.167 e. The van der Waals surface area contributed by atoms with Gasteiger partial charge in [0.05, 0.1) is 25.0 Å². The van der Waals surface area contributed by atoms with Crippen molar-refractivity contribution in [2.45, 2.75) is 19.4 Å². The zero-order valence-corrected chi connectivity index (χ0v) is 14.5.